The summed E-state index contributed by atoms with van der Waals surface area (Å²) in [5.41, 5.74) is 9.77. The molecule has 0 saturated carbocycles. The molecule has 2 aromatic carbocycles. The van der Waals surface area contributed by atoms with Crippen LogP contribution < -0.4 is 30.4 Å². The van der Waals surface area contributed by atoms with E-state index in [1.165, 1.54) is 0 Å². The van der Waals surface area contributed by atoms with Crippen LogP contribution in [0.1, 0.15) is 35.8 Å². The third-order valence-electron chi connectivity index (χ3n) is 6.99. The van der Waals surface area contributed by atoms with E-state index in [4.69, 9.17) is 14.2 Å². The molecule has 3 aliphatic rings. The number of nitrogens with one attached hydrogen (secondary N) is 3. The average molecular weight is 452 g/mol. The Kier molecular flexibility index (Phi) is 5.74. The molecule has 8 heteroatoms. The molecule has 1 aliphatic carbocycles. The first kappa shape index (κ1) is 21.8. The Morgan fingerprint density at radius 1 is 0.909 bits per heavy atom. The van der Waals surface area contributed by atoms with E-state index in [1.54, 1.807) is 21.3 Å². The summed E-state index contributed by atoms with van der Waals surface area (Å²) in [5.74, 6) is 1.33. The first-order chi connectivity index (χ1) is 16.0. The molecular formula is C25H29N3O5. The van der Waals surface area contributed by atoms with Crippen molar-refractivity contribution >= 4 is 5.78 Å². The minimum Gasteiger partial charge on any atom is -0.493 e. The van der Waals surface area contributed by atoms with Crippen molar-refractivity contribution in [3.05, 3.63) is 64.9 Å². The average Bonchev–Trinajstić information content (AvgIpc) is 3.22. The van der Waals surface area contributed by atoms with Crippen LogP contribution in [0.2, 0.25) is 0 Å². The molecule has 174 valence electrons. The maximum Gasteiger partial charge on any atom is 0.203 e. The summed E-state index contributed by atoms with van der Waals surface area (Å²) in [6, 6.07) is 13.8. The van der Waals surface area contributed by atoms with Crippen LogP contribution >= 0.6 is 0 Å². The fourth-order valence-corrected chi connectivity index (χ4v) is 5.49. The maximum absolute atomic E-state index is 13.6. The zero-order chi connectivity index (χ0) is 23.1. The molecule has 33 heavy (non-hydrogen) atoms. The van der Waals surface area contributed by atoms with E-state index in [9.17, 15) is 9.90 Å². The number of aliphatic hydroxyl groups is 1. The molecule has 4 N–H and O–H groups in total. The Bertz CT molecular complexity index is 1060. The van der Waals surface area contributed by atoms with Gasteiger partial charge in [-0.2, -0.15) is 0 Å². The van der Waals surface area contributed by atoms with Gasteiger partial charge in [-0.3, -0.25) is 4.79 Å². The van der Waals surface area contributed by atoms with E-state index in [1.807, 2.05) is 42.5 Å². The Morgan fingerprint density at radius 3 is 2.24 bits per heavy atom. The van der Waals surface area contributed by atoms with Gasteiger partial charge in [-0.05, 0) is 35.6 Å². The van der Waals surface area contributed by atoms with Gasteiger partial charge in [0.15, 0.2) is 17.3 Å². The largest absolute Gasteiger partial charge is 0.493 e. The molecule has 0 bridgehead atoms. The molecule has 2 aromatic rings. The molecule has 2 aliphatic heterocycles. The monoisotopic (exact) mass is 451 g/mol. The zero-order valence-corrected chi connectivity index (χ0v) is 18.9. The summed E-state index contributed by atoms with van der Waals surface area (Å²) >= 11 is 0. The van der Waals surface area contributed by atoms with Gasteiger partial charge in [-0.25, -0.2) is 10.9 Å². The zero-order valence-electron chi connectivity index (χ0n) is 18.9. The maximum atomic E-state index is 13.6. The van der Waals surface area contributed by atoms with Crippen molar-refractivity contribution in [3.63, 3.8) is 0 Å². The van der Waals surface area contributed by atoms with E-state index in [-0.39, 0.29) is 29.7 Å². The third kappa shape index (κ3) is 3.64. The summed E-state index contributed by atoms with van der Waals surface area (Å²) in [7, 11) is 4.75. The van der Waals surface area contributed by atoms with E-state index in [2.05, 4.69) is 16.2 Å². The highest BCUT2D eigenvalue weighted by molar-refractivity contribution is 5.99. The lowest BCUT2D eigenvalue weighted by Gasteiger charge is -2.42. The van der Waals surface area contributed by atoms with Gasteiger partial charge in [0.05, 0.1) is 27.5 Å². The number of Topliss-reactive ketones (excluding diaryl/α,β-unsaturated/α-hetero) is 1. The lowest BCUT2D eigenvalue weighted by Crippen LogP contribution is -2.51. The number of methoxy groups -OCH3 is 3. The molecule has 0 spiro atoms. The molecule has 1 fully saturated rings. The van der Waals surface area contributed by atoms with Gasteiger partial charge in [0.1, 0.15) is 6.23 Å². The van der Waals surface area contributed by atoms with E-state index in [0.29, 0.717) is 30.1 Å². The Labute approximate surface area is 192 Å². The number of benzene rings is 2. The number of allylic oxidation sites excluding steroid dienone is 2. The van der Waals surface area contributed by atoms with Gasteiger partial charge in [0.2, 0.25) is 5.75 Å². The number of aliphatic hydroxyl groups excluding tert-OH is 1. The minimum atomic E-state index is -0.762. The molecule has 2 heterocycles. The van der Waals surface area contributed by atoms with Crippen LogP contribution in [0.3, 0.4) is 0 Å². The molecule has 0 amide bonds. The van der Waals surface area contributed by atoms with Gasteiger partial charge < -0.3 is 24.6 Å². The van der Waals surface area contributed by atoms with Gasteiger partial charge >= 0.3 is 0 Å². The summed E-state index contributed by atoms with van der Waals surface area (Å²) in [4.78, 5) is 13.6. The summed E-state index contributed by atoms with van der Waals surface area (Å²) in [5, 5.41) is 14.1. The van der Waals surface area contributed by atoms with Crippen molar-refractivity contribution < 1.29 is 24.1 Å². The van der Waals surface area contributed by atoms with Crippen LogP contribution in [0.5, 0.6) is 17.2 Å². The SMILES string of the molecule is COc1cc([C@H]2CC(=O)C3=C(C2)NC2NNC(O)C2[C@@H]3c2ccccc2)cc(OC)c1OC. The Morgan fingerprint density at radius 2 is 1.61 bits per heavy atom. The molecule has 0 radical (unpaired) electrons. The number of carbonyl (C=O) groups excluding carboxylic acids is 1. The molecule has 1 saturated heterocycles. The van der Waals surface area contributed by atoms with Gasteiger partial charge in [0, 0.05) is 29.5 Å². The second-order valence-electron chi connectivity index (χ2n) is 8.70. The number of fused-ring (bicyclic) bond motifs is 1. The standard InChI is InChI=1S/C25H29N3O5/c1-31-18-11-15(12-19(32-2)23(18)33-3)14-9-16-21(17(29)10-14)20(13-7-5-4-6-8-13)22-24(26-16)27-28-25(22)30/h4-8,11-12,14,20,22,24-28,30H,9-10H2,1-3H3/t14-,20-,22?,24?,25?/m1/s1. The highest BCUT2D eigenvalue weighted by Crippen LogP contribution is 2.49. The van der Waals surface area contributed by atoms with Crippen molar-refractivity contribution in [1.29, 1.82) is 0 Å². The number of ketones is 1. The highest BCUT2D eigenvalue weighted by Gasteiger charge is 2.49. The number of hydrogen-bond acceptors (Lipinski definition) is 8. The molecule has 8 nitrogen and oxygen atoms in total. The van der Waals surface area contributed by atoms with Crippen LogP contribution in [-0.2, 0) is 4.79 Å². The predicted molar refractivity (Wildman–Crippen MR) is 122 cm³/mol. The fraction of sp³-hybridized carbons (Fsp3) is 0.400. The third-order valence-corrected chi connectivity index (χ3v) is 6.99. The number of rotatable bonds is 5. The molecule has 0 aromatic heterocycles. The van der Waals surface area contributed by atoms with Crippen molar-refractivity contribution in [2.24, 2.45) is 5.92 Å². The normalized spacial score (nSPS) is 28.6. The van der Waals surface area contributed by atoms with E-state index in [0.717, 1.165) is 22.4 Å². The second kappa shape index (κ2) is 8.70. The first-order valence-electron chi connectivity index (χ1n) is 11.1. The van der Waals surface area contributed by atoms with Gasteiger partial charge in [-0.1, -0.05) is 30.3 Å². The van der Waals surface area contributed by atoms with Crippen LogP contribution in [0.15, 0.2) is 53.7 Å². The second-order valence-corrected chi connectivity index (χ2v) is 8.70. The lowest BCUT2D eigenvalue weighted by molar-refractivity contribution is -0.117. The van der Waals surface area contributed by atoms with Crippen LogP contribution in [0.4, 0.5) is 0 Å². The molecular weight excluding hydrogens is 422 g/mol. The summed E-state index contributed by atoms with van der Waals surface area (Å²) in [6.07, 6.45) is 0.0961. The highest BCUT2D eigenvalue weighted by atomic mass is 16.5. The van der Waals surface area contributed by atoms with Gasteiger partial charge in [-0.15, -0.1) is 0 Å². The van der Waals surface area contributed by atoms with E-state index >= 15 is 0 Å². The smallest absolute Gasteiger partial charge is 0.203 e. The quantitative estimate of drug-likeness (QED) is 0.549. The fourth-order valence-electron chi connectivity index (χ4n) is 5.49. The molecule has 5 rings (SSSR count). The van der Waals surface area contributed by atoms with Crippen molar-refractivity contribution in [2.75, 3.05) is 21.3 Å². The number of hydrogen-bond donors (Lipinski definition) is 4. The summed E-state index contributed by atoms with van der Waals surface area (Å²) < 4.78 is 16.5. The topological polar surface area (TPSA) is 101 Å². The van der Waals surface area contributed by atoms with Crippen molar-refractivity contribution in [1.82, 2.24) is 16.2 Å². The summed E-state index contributed by atoms with van der Waals surface area (Å²) in [6.45, 7) is 0. The number of ether oxygens (including phenoxy) is 3. The van der Waals surface area contributed by atoms with Crippen molar-refractivity contribution in [2.45, 2.75) is 37.1 Å². The first-order valence-corrected chi connectivity index (χ1v) is 11.1. The van der Waals surface area contributed by atoms with Crippen LogP contribution in [0, 0.1) is 5.92 Å². The predicted octanol–water partition coefficient (Wildman–Crippen LogP) is 2.17. The van der Waals surface area contributed by atoms with Crippen molar-refractivity contribution in [3.8, 4) is 17.2 Å². The van der Waals surface area contributed by atoms with Crippen LogP contribution in [-0.4, -0.2) is 44.6 Å². The van der Waals surface area contributed by atoms with Crippen LogP contribution in [0.25, 0.3) is 0 Å². The Balaban J connectivity index is 1.55. The lowest BCUT2D eigenvalue weighted by atomic mass is 9.69. The Hall–Kier alpha value is -3.07. The van der Waals surface area contributed by atoms with E-state index < -0.39 is 6.23 Å². The molecule has 3 unspecified atom stereocenters. The number of hydrazine groups is 1. The minimum absolute atomic E-state index is 0.0373. The van der Waals surface area contributed by atoms with Gasteiger partial charge in [0.25, 0.3) is 0 Å². The number of carbonyl (C=O) groups is 1. The molecule has 5 atom stereocenters.